The van der Waals surface area contributed by atoms with E-state index in [9.17, 15) is 0 Å². The SMILES string of the molecule is COC1CCC(n2nnnc2-c2ccc(C)c(N)c2)C1. The van der Waals surface area contributed by atoms with Gasteiger partial charge in [0, 0.05) is 18.4 Å². The van der Waals surface area contributed by atoms with Gasteiger partial charge in [-0.15, -0.1) is 5.10 Å². The minimum absolute atomic E-state index is 0.299. The van der Waals surface area contributed by atoms with Gasteiger partial charge in [-0.25, -0.2) is 4.68 Å². The fraction of sp³-hybridized carbons (Fsp3) is 0.500. The fourth-order valence-corrected chi connectivity index (χ4v) is 2.76. The standard InChI is InChI=1S/C14H19N5O/c1-9-3-4-10(7-13(9)15)14-16-17-18-19(14)11-5-6-12(8-11)20-2/h3-4,7,11-12H,5-6,8,15H2,1-2H3. The second-order valence-electron chi connectivity index (χ2n) is 5.34. The molecule has 1 aliphatic rings. The third-order valence-corrected chi connectivity index (χ3v) is 4.07. The number of benzene rings is 1. The highest BCUT2D eigenvalue weighted by atomic mass is 16.5. The van der Waals surface area contributed by atoms with Gasteiger partial charge in [-0.3, -0.25) is 0 Å². The molecule has 2 aromatic rings. The summed E-state index contributed by atoms with van der Waals surface area (Å²) >= 11 is 0. The predicted octanol–water partition coefficient (Wildman–Crippen LogP) is 1.97. The van der Waals surface area contributed by atoms with E-state index in [-0.39, 0.29) is 0 Å². The van der Waals surface area contributed by atoms with Crippen molar-refractivity contribution in [1.29, 1.82) is 0 Å². The topological polar surface area (TPSA) is 78.8 Å². The lowest BCUT2D eigenvalue weighted by Crippen LogP contribution is -2.11. The van der Waals surface area contributed by atoms with Gasteiger partial charge in [0.15, 0.2) is 5.82 Å². The van der Waals surface area contributed by atoms with Crippen LogP contribution in [0.5, 0.6) is 0 Å². The summed E-state index contributed by atoms with van der Waals surface area (Å²) < 4.78 is 7.32. The summed E-state index contributed by atoms with van der Waals surface area (Å²) in [5.41, 5.74) is 8.76. The molecule has 2 unspecified atom stereocenters. The number of methoxy groups -OCH3 is 1. The minimum atomic E-state index is 0.299. The first-order valence-corrected chi connectivity index (χ1v) is 6.86. The van der Waals surface area contributed by atoms with Gasteiger partial charge in [0.2, 0.25) is 0 Å². The van der Waals surface area contributed by atoms with Crippen molar-refractivity contribution in [2.24, 2.45) is 0 Å². The molecular weight excluding hydrogens is 254 g/mol. The lowest BCUT2D eigenvalue weighted by molar-refractivity contribution is 0.105. The van der Waals surface area contributed by atoms with E-state index in [0.717, 1.165) is 41.9 Å². The van der Waals surface area contributed by atoms with Gasteiger partial charge < -0.3 is 10.5 Å². The van der Waals surface area contributed by atoms with E-state index >= 15 is 0 Å². The van der Waals surface area contributed by atoms with E-state index in [2.05, 4.69) is 15.5 Å². The van der Waals surface area contributed by atoms with Crippen LogP contribution in [0.15, 0.2) is 18.2 Å². The van der Waals surface area contributed by atoms with Crippen molar-refractivity contribution in [3.05, 3.63) is 23.8 Å². The molecule has 106 valence electrons. The summed E-state index contributed by atoms with van der Waals surface area (Å²) in [4.78, 5) is 0. The summed E-state index contributed by atoms with van der Waals surface area (Å²) in [7, 11) is 1.76. The Morgan fingerprint density at radius 1 is 1.35 bits per heavy atom. The van der Waals surface area contributed by atoms with E-state index in [1.807, 2.05) is 29.8 Å². The van der Waals surface area contributed by atoms with Gasteiger partial charge in [0.25, 0.3) is 0 Å². The van der Waals surface area contributed by atoms with Crippen LogP contribution in [0.2, 0.25) is 0 Å². The molecule has 2 atom stereocenters. The monoisotopic (exact) mass is 273 g/mol. The smallest absolute Gasteiger partial charge is 0.182 e. The number of tetrazole rings is 1. The third-order valence-electron chi connectivity index (χ3n) is 4.07. The molecule has 1 aliphatic carbocycles. The molecule has 1 aromatic heterocycles. The van der Waals surface area contributed by atoms with Gasteiger partial charge in [-0.1, -0.05) is 12.1 Å². The first-order chi connectivity index (χ1) is 9.69. The number of hydrogen-bond donors (Lipinski definition) is 1. The minimum Gasteiger partial charge on any atom is -0.398 e. The fourth-order valence-electron chi connectivity index (χ4n) is 2.76. The maximum Gasteiger partial charge on any atom is 0.182 e. The second kappa shape index (κ2) is 5.20. The van der Waals surface area contributed by atoms with E-state index in [1.165, 1.54) is 0 Å². The molecule has 0 amide bonds. The Morgan fingerprint density at radius 3 is 2.90 bits per heavy atom. The lowest BCUT2D eigenvalue weighted by Gasteiger charge is -2.13. The number of nitrogens with two attached hydrogens (primary N) is 1. The van der Waals surface area contributed by atoms with E-state index in [1.54, 1.807) is 7.11 Å². The maximum absolute atomic E-state index is 5.98. The molecule has 0 spiro atoms. The summed E-state index contributed by atoms with van der Waals surface area (Å²) in [5.74, 6) is 0.776. The van der Waals surface area contributed by atoms with Crippen LogP contribution >= 0.6 is 0 Å². The number of nitrogen functional groups attached to an aromatic ring is 1. The van der Waals surface area contributed by atoms with E-state index in [4.69, 9.17) is 10.5 Å². The molecular formula is C14H19N5O. The van der Waals surface area contributed by atoms with Crippen LogP contribution in [0.4, 0.5) is 5.69 Å². The van der Waals surface area contributed by atoms with Crippen molar-refractivity contribution in [3.8, 4) is 11.4 Å². The van der Waals surface area contributed by atoms with E-state index in [0.29, 0.717) is 12.1 Å². The van der Waals surface area contributed by atoms with Crippen LogP contribution in [0.3, 0.4) is 0 Å². The summed E-state index contributed by atoms with van der Waals surface area (Å²) in [5, 5.41) is 12.1. The Kier molecular flexibility index (Phi) is 3.40. The highest BCUT2D eigenvalue weighted by Crippen LogP contribution is 2.33. The quantitative estimate of drug-likeness (QED) is 0.865. The molecule has 0 aliphatic heterocycles. The average molecular weight is 273 g/mol. The van der Waals surface area contributed by atoms with Crippen LogP contribution in [-0.2, 0) is 4.74 Å². The van der Waals surface area contributed by atoms with Gasteiger partial charge in [-0.2, -0.15) is 0 Å². The first kappa shape index (κ1) is 13.1. The number of hydrogen-bond acceptors (Lipinski definition) is 5. The van der Waals surface area contributed by atoms with Crippen molar-refractivity contribution in [3.63, 3.8) is 0 Å². The molecule has 0 bridgehead atoms. The number of anilines is 1. The predicted molar refractivity (Wildman–Crippen MR) is 76.1 cm³/mol. The maximum atomic E-state index is 5.98. The van der Waals surface area contributed by atoms with Gasteiger partial charge >= 0.3 is 0 Å². The van der Waals surface area contributed by atoms with Crippen LogP contribution in [-0.4, -0.2) is 33.4 Å². The Bertz CT molecular complexity index is 609. The molecule has 1 saturated carbocycles. The van der Waals surface area contributed by atoms with Crippen molar-refractivity contribution >= 4 is 5.69 Å². The Morgan fingerprint density at radius 2 is 2.20 bits per heavy atom. The summed E-state index contributed by atoms with van der Waals surface area (Å²) in [6, 6.07) is 6.24. The molecule has 20 heavy (non-hydrogen) atoms. The molecule has 0 radical (unpaired) electrons. The molecule has 1 fully saturated rings. The third kappa shape index (κ3) is 2.27. The zero-order chi connectivity index (χ0) is 14.1. The molecule has 1 aromatic carbocycles. The molecule has 2 N–H and O–H groups in total. The van der Waals surface area contributed by atoms with Crippen LogP contribution < -0.4 is 5.73 Å². The number of rotatable bonds is 3. The van der Waals surface area contributed by atoms with Gasteiger partial charge in [-0.05, 0) is 48.2 Å². The zero-order valence-electron chi connectivity index (χ0n) is 11.8. The van der Waals surface area contributed by atoms with Crippen LogP contribution in [0.1, 0.15) is 30.9 Å². The molecule has 1 heterocycles. The first-order valence-electron chi connectivity index (χ1n) is 6.86. The highest BCUT2D eigenvalue weighted by Gasteiger charge is 2.28. The zero-order valence-corrected chi connectivity index (χ0v) is 11.8. The summed E-state index contributed by atoms with van der Waals surface area (Å²) in [6.07, 6.45) is 3.35. The largest absolute Gasteiger partial charge is 0.398 e. The van der Waals surface area contributed by atoms with Crippen molar-refractivity contribution in [1.82, 2.24) is 20.2 Å². The Balaban J connectivity index is 1.92. The normalized spacial score (nSPS) is 22.3. The Labute approximate surface area is 117 Å². The lowest BCUT2D eigenvalue weighted by atomic mass is 10.1. The van der Waals surface area contributed by atoms with Crippen molar-refractivity contribution in [2.75, 3.05) is 12.8 Å². The number of nitrogens with zero attached hydrogens (tertiary/aromatic N) is 4. The van der Waals surface area contributed by atoms with Gasteiger partial charge in [0.1, 0.15) is 0 Å². The highest BCUT2D eigenvalue weighted by molar-refractivity contribution is 5.63. The number of aromatic nitrogens is 4. The number of ether oxygens (including phenoxy) is 1. The molecule has 6 nitrogen and oxygen atoms in total. The van der Waals surface area contributed by atoms with Crippen LogP contribution in [0, 0.1) is 6.92 Å². The van der Waals surface area contributed by atoms with Gasteiger partial charge in [0.05, 0.1) is 12.1 Å². The van der Waals surface area contributed by atoms with Crippen LogP contribution in [0.25, 0.3) is 11.4 Å². The summed E-state index contributed by atoms with van der Waals surface area (Å²) in [6.45, 7) is 1.99. The molecule has 6 heteroatoms. The molecule has 3 rings (SSSR count). The second-order valence-corrected chi connectivity index (χ2v) is 5.34. The number of aryl methyl sites for hydroxylation is 1. The van der Waals surface area contributed by atoms with Crippen molar-refractivity contribution in [2.45, 2.75) is 38.3 Å². The van der Waals surface area contributed by atoms with Crippen molar-refractivity contribution < 1.29 is 4.74 Å². The average Bonchev–Trinajstić information content (AvgIpc) is 3.09. The molecule has 0 saturated heterocycles. The van der Waals surface area contributed by atoms with E-state index < -0.39 is 0 Å². The Hall–Kier alpha value is -1.95.